The Morgan fingerprint density at radius 2 is 1.92 bits per heavy atom. The van der Waals surface area contributed by atoms with Gasteiger partial charge in [0, 0.05) is 30.4 Å². The zero-order chi connectivity index (χ0) is 26.7. The van der Waals surface area contributed by atoms with E-state index in [4.69, 9.17) is 0 Å². The Labute approximate surface area is 212 Å². The molecule has 37 heavy (non-hydrogen) atoms. The molecule has 0 bridgehead atoms. The SMILES string of the molecule is Cc1cc([C@@H](NC(=O)c2cc(CNCC(C)O)cc(-c3cccnc3C(F)(F)F)c2)C2CC2)ccc1F. The van der Waals surface area contributed by atoms with Gasteiger partial charge in [0.2, 0.25) is 0 Å². The first-order valence-corrected chi connectivity index (χ1v) is 12.1. The lowest BCUT2D eigenvalue weighted by Gasteiger charge is -2.20. The molecule has 2 aromatic carbocycles. The molecule has 3 N–H and O–H groups in total. The lowest BCUT2D eigenvalue weighted by atomic mass is 9.96. The van der Waals surface area contributed by atoms with Gasteiger partial charge in [-0.3, -0.25) is 9.78 Å². The van der Waals surface area contributed by atoms with E-state index in [1.54, 1.807) is 38.1 Å². The summed E-state index contributed by atoms with van der Waals surface area (Å²) in [5, 5.41) is 15.6. The van der Waals surface area contributed by atoms with Crippen LogP contribution in [0.4, 0.5) is 17.6 Å². The van der Waals surface area contributed by atoms with E-state index in [9.17, 15) is 27.5 Å². The first kappa shape index (κ1) is 26.8. The summed E-state index contributed by atoms with van der Waals surface area (Å²) in [4.78, 5) is 17.0. The second-order valence-electron chi connectivity index (χ2n) is 9.59. The normalized spacial score (nSPS) is 15.3. The van der Waals surface area contributed by atoms with Crippen molar-refractivity contribution in [2.24, 2.45) is 5.92 Å². The summed E-state index contributed by atoms with van der Waals surface area (Å²) in [6, 6.07) is 11.8. The summed E-state index contributed by atoms with van der Waals surface area (Å²) >= 11 is 0. The molecular formula is C28H29F4N3O2. The van der Waals surface area contributed by atoms with Crippen LogP contribution < -0.4 is 10.6 Å². The van der Waals surface area contributed by atoms with Crippen molar-refractivity contribution in [3.63, 3.8) is 0 Å². The summed E-state index contributed by atoms with van der Waals surface area (Å²) in [6.07, 6.45) is -2.36. The van der Waals surface area contributed by atoms with Gasteiger partial charge in [0.15, 0.2) is 5.69 Å². The smallest absolute Gasteiger partial charge is 0.392 e. The van der Waals surface area contributed by atoms with Gasteiger partial charge in [-0.1, -0.05) is 18.2 Å². The molecule has 2 atom stereocenters. The van der Waals surface area contributed by atoms with Gasteiger partial charge >= 0.3 is 6.18 Å². The number of aryl methyl sites for hydroxylation is 1. The highest BCUT2D eigenvalue weighted by Crippen LogP contribution is 2.42. The van der Waals surface area contributed by atoms with Crippen LogP contribution in [0.25, 0.3) is 11.1 Å². The van der Waals surface area contributed by atoms with Gasteiger partial charge in [-0.2, -0.15) is 13.2 Å². The molecule has 1 aliphatic rings. The molecule has 9 heteroatoms. The number of amides is 1. The van der Waals surface area contributed by atoms with Crippen molar-refractivity contribution >= 4 is 5.91 Å². The first-order chi connectivity index (χ1) is 17.5. The highest BCUT2D eigenvalue weighted by molar-refractivity contribution is 5.96. The summed E-state index contributed by atoms with van der Waals surface area (Å²) < 4.78 is 54.9. The summed E-state index contributed by atoms with van der Waals surface area (Å²) in [6.45, 7) is 3.79. The quantitative estimate of drug-likeness (QED) is 0.326. The van der Waals surface area contributed by atoms with E-state index < -0.39 is 23.9 Å². The van der Waals surface area contributed by atoms with Crippen molar-refractivity contribution in [1.82, 2.24) is 15.6 Å². The third-order valence-corrected chi connectivity index (χ3v) is 6.33. The van der Waals surface area contributed by atoms with Gasteiger partial charge in [-0.15, -0.1) is 0 Å². The Balaban J connectivity index is 1.70. The minimum atomic E-state index is -4.67. The van der Waals surface area contributed by atoms with Crippen molar-refractivity contribution in [3.05, 3.63) is 88.5 Å². The molecule has 3 aromatic rings. The monoisotopic (exact) mass is 515 g/mol. The van der Waals surface area contributed by atoms with Gasteiger partial charge in [0.05, 0.1) is 12.1 Å². The van der Waals surface area contributed by atoms with Crippen LogP contribution in [-0.4, -0.2) is 28.6 Å². The van der Waals surface area contributed by atoms with E-state index in [1.165, 1.54) is 24.3 Å². The molecule has 0 spiro atoms. The zero-order valence-corrected chi connectivity index (χ0v) is 20.6. The molecule has 196 valence electrons. The number of aliphatic hydroxyl groups is 1. The maximum Gasteiger partial charge on any atom is 0.433 e. The van der Waals surface area contributed by atoms with Crippen LogP contribution in [0.1, 0.15) is 58.5 Å². The molecule has 1 heterocycles. The minimum Gasteiger partial charge on any atom is -0.392 e. The maximum absolute atomic E-state index is 13.8. The average Bonchev–Trinajstić information content (AvgIpc) is 3.68. The second kappa shape index (κ2) is 11.0. The Hall–Kier alpha value is -3.30. The number of alkyl halides is 3. The number of nitrogens with zero attached hydrogens (tertiary/aromatic N) is 1. The molecule has 1 amide bonds. The van der Waals surface area contributed by atoms with Gasteiger partial charge in [0.25, 0.3) is 5.91 Å². The number of rotatable bonds is 9. The molecular weight excluding hydrogens is 486 g/mol. The molecule has 1 aliphatic carbocycles. The Kier molecular flexibility index (Phi) is 7.94. The van der Waals surface area contributed by atoms with E-state index in [1.807, 2.05) is 0 Å². The van der Waals surface area contributed by atoms with Crippen LogP contribution in [0.5, 0.6) is 0 Å². The Morgan fingerprint density at radius 3 is 2.57 bits per heavy atom. The molecule has 1 unspecified atom stereocenters. The van der Waals surface area contributed by atoms with Crippen LogP contribution in [0.3, 0.4) is 0 Å². The highest BCUT2D eigenvalue weighted by atomic mass is 19.4. The predicted octanol–water partition coefficient (Wildman–Crippen LogP) is 5.57. The lowest BCUT2D eigenvalue weighted by molar-refractivity contribution is -0.140. The van der Waals surface area contributed by atoms with E-state index in [2.05, 4.69) is 15.6 Å². The number of aromatic nitrogens is 1. The first-order valence-electron chi connectivity index (χ1n) is 12.1. The summed E-state index contributed by atoms with van der Waals surface area (Å²) in [5.74, 6) is -0.558. The fourth-order valence-electron chi connectivity index (χ4n) is 4.36. The van der Waals surface area contributed by atoms with E-state index >= 15 is 0 Å². The van der Waals surface area contributed by atoms with Crippen molar-refractivity contribution in [2.45, 2.75) is 51.6 Å². The van der Waals surface area contributed by atoms with Crippen LogP contribution in [0, 0.1) is 18.7 Å². The van der Waals surface area contributed by atoms with Gasteiger partial charge in [-0.05, 0) is 85.2 Å². The van der Waals surface area contributed by atoms with Crippen LogP contribution in [0.2, 0.25) is 0 Å². The van der Waals surface area contributed by atoms with Crippen LogP contribution in [-0.2, 0) is 12.7 Å². The standard InChI is InChI=1S/C28H29F4N3O2/c1-16-10-20(7-8-24(16)29)25(19-5-6-19)35-27(37)22-12-18(15-33-14-17(2)36)11-21(13-22)23-4-3-9-34-26(23)28(30,31)32/h3-4,7-13,17,19,25,33,36H,5-6,14-15H2,1-2H3,(H,35,37)/t17?,25-/m0/s1. The second-order valence-corrected chi connectivity index (χ2v) is 9.59. The maximum atomic E-state index is 13.8. The number of halogens is 4. The molecule has 0 radical (unpaired) electrons. The summed E-state index contributed by atoms with van der Waals surface area (Å²) in [7, 11) is 0. The number of aliphatic hydroxyl groups excluding tert-OH is 1. The lowest BCUT2D eigenvalue weighted by Crippen LogP contribution is -2.30. The topological polar surface area (TPSA) is 74.2 Å². The van der Waals surface area contributed by atoms with Crippen molar-refractivity contribution < 1.29 is 27.5 Å². The predicted molar refractivity (Wildman–Crippen MR) is 132 cm³/mol. The molecule has 1 aromatic heterocycles. The fraction of sp³-hybridized carbons (Fsp3) is 0.357. The van der Waals surface area contributed by atoms with E-state index in [0.717, 1.165) is 24.6 Å². The number of hydrogen-bond donors (Lipinski definition) is 3. The number of hydrogen-bond acceptors (Lipinski definition) is 4. The molecule has 0 aliphatic heterocycles. The van der Waals surface area contributed by atoms with Crippen LogP contribution in [0.15, 0.2) is 54.7 Å². The molecule has 0 saturated heterocycles. The van der Waals surface area contributed by atoms with Crippen molar-refractivity contribution in [1.29, 1.82) is 0 Å². The van der Waals surface area contributed by atoms with Gasteiger partial charge in [0.1, 0.15) is 5.82 Å². The van der Waals surface area contributed by atoms with Gasteiger partial charge in [-0.25, -0.2) is 4.39 Å². The van der Waals surface area contributed by atoms with Crippen molar-refractivity contribution in [2.75, 3.05) is 6.54 Å². The number of carbonyl (C=O) groups excluding carboxylic acids is 1. The van der Waals surface area contributed by atoms with Crippen LogP contribution >= 0.6 is 0 Å². The van der Waals surface area contributed by atoms with Gasteiger partial charge < -0.3 is 15.7 Å². The largest absolute Gasteiger partial charge is 0.433 e. The van der Waals surface area contributed by atoms with E-state index in [0.29, 0.717) is 11.1 Å². The number of benzene rings is 2. The third-order valence-electron chi connectivity index (χ3n) is 6.33. The third kappa shape index (κ3) is 6.72. The molecule has 1 fully saturated rings. The minimum absolute atomic E-state index is 0.130. The summed E-state index contributed by atoms with van der Waals surface area (Å²) in [5.41, 5.74) is 1.09. The molecule has 4 rings (SSSR count). The molecule has 5 nitrogen and oxygen atoms in total. The number of nitrogens with one attached hydrogen (secondary N) is 2. The fourth-order valence-corrected chi connectivity index (χ4v) is 4.36. The molecule has 1 saturated carbocycles. The zero-order valence-electron chi connectivity index (χ0n) is 20.6. The number of pyridine rings is 1. The Bertz CT molecular complexity index is 1270. The average molecular weight is 516 g/mol. The number of carbonyl (C=O) groups is 1. The highest BCUT2D eigenvalue weighted by Gasteiger charge is 2.36. The van der Waals surface area contributed by atoms with E-state index in [-0.39, 0.29) is 47.6 Å². The van der Waals surface area contributed by atoms with Crippen molar-refractivity contribution in [3.8, 4) is 11.1 Å². The Morgan fingerprint density at radius 1 is 1.16 bits per heavy atom.